The molecule has 90 valence electrons. The van der Waals surface area contributed by atoms with E-state index in [9.17, 15) is 4.39 Å². The van der Waals surface area contributed by atoms with E-state index in [0.717, 1.165) is 18.1 Å². The van der Waals surface area contributed by atoms with Crippen molar-refractivity contribution in [3.05, 3.63) is 30.1 Å². The molecule has 4 heteroatoms. The lowest BCUT2D eigenvalue weighted by Gasteiger charge is -2.29. The molecule has 0 unspecified atom stereocenters. The zero-order chi connectivity index (χ0) is 12.0. The van der Waals surface area contributed by atoms with Gasteiger partial charge in [-0.1, -0.05) is 26.0 Å². The highest BCUT2D eigenvalue weighted by atomic mass is 35.5. The zero-order valence-electron chi connectivity index (χ0n) is 9.80. The molecular formula is C12H18ClFOSi. The van der Waals surface area contributed by atoms with Crippen molar-refractivity contribution in [2.75, 3.05) is 5.88 Å². The molecule has 0 aliphatic heterocycles. The molecule has 0 aliphatic rings. The largest absolute Gasteiger partial charge is 0.541 e. The number of para-hydroxylation sites is 1. The summed E-state index contributed by atoms with van der Waals surface area (Å²) >= 11 is 5.81. The highest BCUT2D eigenvalue weighted by Crippen LogP contribution is 2.27. The van der Waals surface area contributed by atoms with E-state index < -0.39 is 8.32 Å². The van der Waals surface area contributed by atoms with Crippen LogP contribution in [0.15, 0.2) is 24.3 Å². The molecule has 0 N–H and O–H groups in total. The van der Waals surface area contributed by atoms with Gasteiger partial charge in [-0.2, -0.15) is 0 Å². The molecule has 0 saturated heterocycles. The molecule has 1 aromatic rings. The van der Waals surface area contributed by atoms with E-state index in [1.165, 1.54) is 6.07 Å². The summed E-state index contributed by atoms with van der Waals surface area (Å²) in [6, 6.07) is 9.39. The van der Waals surface area contributed by atoms with E-state index in [2.05, 4.69) is 13.8 Å². The number of hydrogen-bond acceptors (Lipinski definition) is 1. The number of halogens is 2. The highest BCUT2D eigenvalue weighted by molar-refractivity contribution is 6.74. The van der Waals surface area contributed by atoms with Crippen LogP contribution in [0.25, 0.3) is 0 Å². The number of benzene rings is 1. The molecule has 0 spiro atoms. The first-order valence-electron chi connectivity index (χ1n) is 5.67. The molecule has 0 atom stereocenters. The Bertz CT molecular complexity index is 329. The van der Waals surface area contributed by atoms with Crippen LogP contribution in [0.5, 0.6) is 5.75 Å². The Morgan fingerprint density at radius 3 is 2.38 bits per heavy atom. The van der Waals surface area contributed by atoms with Crippen molar-refractivity contribution in [2.45, 2.75) is 32.0 Å². The summed E-state index contributed by atoms with van der Waals surface area (Å²) in [6.45, 7) is 4.20. The Hall–Kier alpha value is -0.543. The quantitative estimate of drug-likeness (QED) is 0.543. The fraction of sp³-hybridized carbons (Fsp3) is 0.500. The van der Waals surface area contributed by atoms with E-state index in [0.29, 0.717) is 11.6 Å². The Labute approximate surface area is 103 Å². The Kier molecular flexibility index (Phi) is 5.29. The van der Waals surface area contributed by atoms with Crippen molar-refractivity contribution in [1.29, 1.82) is 0 Å². The maximum Gasteiger partial charge on any atom is 0.252 e. The molecule has 1 aromatic carbocycles. The maximum atomic E-state index is 13.5. The first-order valence-corrected chi connectivity index (χ1v) is 8.73. The average molecular weight is 261 g/mol. The van der Waals surface area contributed by atoms with E-state index >= 15 is 0 Å². The van der Waals surface area contributed by atoms with Gasteiger partial charge in [-0.25, -0.2) is 4.39 Å². The molecule has 1 rings (SSSR count). The van der Waals surface area contributed by atoms with Crippen molar-refractivity contribution >= 4 is 19.9 Å². The Morgan fingerprint density at radius 2 is 1.88 bits per heavy atom. The van der Waals surface area contributed by atoms with Crippen LogP contribution < -0.4 is 4.43 Å². The molecule has 0 aliphatic carbocycles. The summed E-state index contributed by atoms with van der Waals surface area (Å²) in [5, 5.41) is 0. The van der Waals surface area contributed by atoms with Gasteiger partial charge in [0.2, 0.25) is 0 Å². The van der Waals surface area contributed by atoms with Crippen LogP contribution in [0.1, 0.15) is 13.8 Å². The smallest absolute Gasteiger partial charge is 0.252 e. The second kappa shape index (κ2) is 6.26. The third kappa shape index (κ3) is 3.22. The predicted octanol–water partition coefficient (Wildman–Crippen LogP) is 4.43. The van der Waals surface area contributed by atoms with Crippen LogP contribution in [-0.4, -0.2) is 14.2 Å². The van der Waals surface area contributed by atoms with Crippen LogP contribution in [0.2, 0.25) is 18.1 Å². The summed E-state index contributed by atoms with van der Waals surface area (Å²) in [7, 11) is -1.89. The van der Waals surface area contributed by atoms with Crippen molar-refractivity contribution in [1.82, 2.24) is 0 Å². The summed E-state index contributed by atoms with van der Waals surface area (Å²) in [6.07, 6.45) is 0. The topological polar surface area (TPSA) is 9.23 Å². The molecule has 1 nitrogen and oxygen atoms in total. The van der Waals surface area contributed by atoms with Crippen molar-refractivity contribution in [3.8, 4) is 5.75 Å². The summed E-state index contributed by atoms with van der Waals surface area (Å²) in [5.74, 6) is 0.682. The van der Waals surface area contributed by atoms with E-state index in [1.54, 1.807) is 18.2 Å². The fourth-order valence-electron chi connectivity index (χ4n) is 1.73. The minimum absolute atomic E-state index is 0.282. The molecule has 0 bridgehead atoms. The fourth-order valence-corrected chi connectivity index (χ4v) is 5.34. The first kappa shape index (κ1) is 13.5. The second-order valence-corrected chi connectivity index (χ2v) is 8.72. The first-order chi connectivity index (χ1) is 7.67. The molecule has 0 heterocycles. The van der Waals surface area contributed by atoms with Gasteiger partial charge in [-0.05, 0) is 30.3 Å². The summed E-state index contributed by atoms with van der Waals surface area (Å²) < 4.78 is 19.4. The summed E-state index contributed by atoms with van der Waals surface area (Å²) in [4.78, 5) is 0. The van der Waals surface area contributed by atoms with Crippen molar-refractivity contribution < 1.29 is 8.82 Å². The minimum atomic E-state index is -1.89. The van der Waals surface area contributed by atoms with Crippen LogP contribution in [0, 0.1) is 5.82 Å². The number of alkyl halides is 1. The lowest BCUT2D eigenvalue weighted by atomic mass is 10.3. The van der Waals surface area contributed by atoms with Gasteiger partial charge < -0.3 is 4.43 Å². The SMILES string of the molecule is CC[Si](CC)(CCCl)Oc1ccccc1F. The Morgan fingerprint density at radius 1 is 1.25 bits per heavy atom. The van der Waals surface area contributed by atoms with Crippen molar-refractivity contribution in [3.63, 3.8) is 0 Å². The van der Waals surface area contributed by atoms with E-state index in [1.807, 2.05) is 0 Å². The summed E-state index contributed by atoms with van der Waals surface area (Å²) in [5.41, 5.74) is 0. The van der Waals surface area contributed by atoms with E-state index in [-0.39, 0.29) is 5.82 Å². The lowest BCUT2D eigenvalue weighted by Crippen LogP contribution is -2.40. The lowest BCUT2D eigenvalue weighted by molar-refractivity contribution is 0.481. The molecular weight excluding hydrogens is 243 g/mol. The van der Waals surface area contributed by atoms with Gasteiger partial charge in [-0.3, -0.25) is 0 Å². The van der Waals surface area contributed by atoms with Gasteiger partial charge in [0.1, 0.15) is 5.75 Å². The second-order valence-electron chi connectivity index (χ2n) is 3.86. The average Bonchev–Trinajstić information content (AvgIpc) is 2.31. The van der Waals surface area contributed by atoms with Crippen LogP contribution in [0.4, 0.5) is 4.39 Å². The van der Waals surface area contributed by atoms with E-state index in [4.69, 9.17) is 16.0 Å². The van der Waals surface area contributed by atoms with Crippen LogP contribution >= 0.6 is 11.6 Å². The Balaban J connectivity index is 2.87. The number of hydrogen-bond donors (Lipinski definition) is 0. The van der Waals surface area contributed by atoms with Gasteiger partial charge in [-0.15, -0.1) is 11.6 Å². The molecule has 0 radical (unpaired) electrons. The molecule has 0 aromatic heterocycles. The number of rotatable bonds is 6. The molecule has 16 heavy (non-hydrogen) atoms. The maximum absolute atomic E-state index is 13.5. The molecule has 0 saturated carbocycles. The standard InChI is InChI=1S/C12H18ClFOSi/c1-3-16(4-2,10-9-13)15-12-8-6-5-7-11(12)14/h5-8H,3-4,9-10H2,1-2H3. The minimum Gasteiger partial charge on any atom is -0.541 e. The van der Waals surface area contributed by atoms with Gasteiger partial charge in [0.05, 0.1) is 0 Å². The van der Waals surface area contributed by atoms with Crippen LogP contribution in [-0.2, 0) is 0 Å². The van der Waals surface area contributed by atoms with Gasteiger partial charge in [0, 0.05) is 5.88 Å². The highest BCUT2D eigenvalue weighted by Gasteiger charge is 2.32. The van der Waals surface area contributed by atoms with Gasteiger partial charge in [0.15, 0.2) is 5.82 Å². The van der Waals surface area contributed by atoms with Gasteiger partial charge >= 0.3 is 0 Å². The normalized spacial score (nSPS) is 11.5. The predicted molar refractivity (Wildman–Crippen MR) is 69.3 cm³/mol. The van der Waals surface area contributed by atoms with Crippen LogP contribution in [0.3, 0.4) is 0 Å². The third-order valence-corrected chi connectivity index (χ3v) is 7.90. The monoisotopic (exact) mass is 260 g/mol. The molecule has 0 amide bonds. The zero-order valence-corrected chi connectivity index (χ0v) is 11.6. The van der Waals surface area contributed by atoms with Crippen molar-refractivity contribution in [2.24, 2.45) is 0 Å². The third-order valence-electron chi connectivity index (χ3n) is 3.00. The van der Waals surface area contributed by atoms with Gasteiger partial charge in [0.25, 0.3) is 8.32 Å². The molecule has 0 fully saturated rings.